The van der Waals surface area contributed by atoms with E-state index < -0.39 is 12.8 Å². The summed E-state index contributed by atoms with van der Waals surface area (Å²) in [5.74, 6) is -0.0606. The van der Waals surface area contributed by atoms with Gasteiger partial charge in [-0.15, -0.1) is 0 Å². The lowest BCUT2D eigenvalue weighted by atomic mass is 10.0. The number of carbonyl (C=O) groups excluding carboxylic acids is 1. The van der Waals surface area contributed by atoms with Gasteiger partial charge in [-0.2, -0.15) is 13.2 Å². The number of likely N-dealkylation sites (N-methyl/N-ethyl adjacent to an activating group) is 1. The third-order valence-electron chi connectivity index (χ3n) is 4.12. The van der Waals surface area contributed by atoms with Crippen LogP contribution in [0, 0.1) is 0 Å². The van der Waals surface area contributed by atoms with Crippen LogP contribution in [0.3, 0.4) is 0 Å². The minimum absolute atomic E-state index is 0.0267. The zero-order valence-electron chi connectivity index (χ0n) is 15.1. The molecule has 146 valence electrons. The second-order valence-electron chi connectivity index (χ2n) is 6.64. The van der Waals surface area contributed by atoms with E-state index in [9.17, 15) is 18.0 Å². The molecule has 1 aromatic rings. The third-order valence-corrected chi connectivity index (χ3v) is 4.12. The van der Waals surface area contributed by atoms with Crippen LogP contribution in [0.1, 0.15) is 19.3 Å². The zero-order chi connectivity index (χ0) is 19.2. The van der Waals surface area contributed by atoms with Crippen molar-refractivity contribution in [1.29, 1.82) is 0 Å². The Balaban J connectivity index is 1.96. The van der Waals surface area contributed by atoms with Gasteiger partial charge in [0.1, 0.15) is 0 Å². The summed E-state index contributed by atoms with van der Waals surface area (Å²) in [6, 6.07) is 6.19. The first-order valence-electron chi connectivity index (χ1n) is 8.62. The third kappa shape index (κ3) is 6.40. The van der Waals surface area contributed by atoms with Gasteiger partial charge in [0.15, 0.2) is 24.7 Å². The van der Waals surface area contributed by atoms with Crippen LogP contribution in [-0.4, -0.2) is 68.3 Å². The lowest BCUT2D eigenvalue weighted by Crippen LogP contribution is -2.49. The number of halogens is 3. The SMILES string of the molecule is CN(C)CC1CCCCN1C(=O)COc1ccccc1OCC(F)(F)F. The van der Waals surface area contributed by atoms with Gasteiger partial charge < -0.3 is 19.3 Å². The molecule has 1 aliphatic heterocycles. The number of likely N-dealkylation sites (tertiary alicyclic amines) is 1. The number of rotatable bonds is 7. The molecule has 2 rings (SSSR count). The second-order valence-corrected chi connectivity index (χ2v) is 6.64. The van der Waals surface area contributed by atoms with Gasteiger partial charge in [0.2, 0.25) is 0 Å². The molecule has 1 atom stereocenters. The van der Waals surface area contributed by atoms with E-state index in [4.69, 9.17) is 9.47 Å². The van der Waals surface area contributed by atoms with Crippen LogP contribution in [0.5, 0.6) is 11.5 Å². The van der Waals surface area contributed by atoms with Crippen LogP contribution in [0.15, 0.2) is 24.3 Å². The molecule has 1 aliphatic rings. The molecule has 1 amide bonds. The van der Waals surface area contributed by atoms with Crippen LogP contribution < -0.4 is 9.47 Å². The van der Waals surface area contributed by atoms with Crippen molar-refractivity contribution in [1.82, 2.24) is 9.80 Å². The number of para-hydroxylation sites is 2. The number of hydrogen-bond donors (Lipinski definition) is 0. The fourth-order valence-corrected chi connectivity index (χ4v) is 3.01. The van der Waals surface area contributed by atoms with E-state index in [2.05, 4.69) is 0 Å². The van der Waals surface area contributed by atoms with Gasteiger partial charge in [-0.25, -0.2) is 0 Å². The molecule has 0 saturated carbocycles. The number of hydrogen-bond acceptors (Lipinski definition) is 4. The van der Waals surface area contributed by atoms with Crippen molar-refractivity contribution in [3.8, 4) is 11.5 Å². The lowest BCUT2D eigenvalue weighted by Gasteiger charge is -2.37. The molecule has 5 nitrogen and oxygen atoms in total. The minimum Gasteiger partial charge on any atom is -0.480 e. The fourth-order valence-electron chi connectivity index (χ4n) is 3.01. The van der Waals surface area contributed by atoms with Crippen molar-refractivity contribution < 1.29 is 27.4 Å². The Morgan fingerprint density at radius 2 is 1.85 bits per heavy atom. The molecule has 26 heavy (non-hydrogen) atoms. The first-order valence-corrected chi connectivity index (χ1v) is 8.62. The largest absolute Gasteiger partial charge is 0.480 e. The highest BCUT2D eigenvalue weighted by molar-refractivity contribution is 5.78. The predicted octanol–water partition coefficient (Wildman–Crippen LogP) is 2.95. The van der Waals surface area contributed by atoms with Gasteiger partial charge in [-0.05, 0) is 45.5 Å². The zero-order valence-corrected chi connectivity index (χ0v) is 15.1. The van der Waals surface area contributed by atoms with Gasteiger partial charge in [0, 0.05) is 19.1 Å². The van der Waals surface area contributed by atoms with E-state index in [0.717, 1.165) is 25.8 Å². The van der Waals surface area contributed by atoms with Gasteiger partial charge in [0.05, 0.1) is 0 Å². The Kier molecular flexibility index (Phi) is 7.14. The number of ether oxygens (including phenoxy) is 2. The lowest BCUT2D eigenvalue weighted by molar-refractivity contribution is -0.153. The summed E-state index contributed by atoms with van der Waals surface area (Å²) in [5.41, 5.74) is 0. The molecule has 0 aromatic heterocycles. The van der Waals surface area contributed by atoms with Crippen molar-refractivity contribution >= 4 is 5.91 Å². The van der Waals surface area contributed by atoms with Crippen molar-refractivity contribution in [3.63, 3.8) is 0 Å². The van der Waals surface area contributed by atoms with E-state index in [1.807, 2.05) is 23.9 Å². The summed E-state index contributed by atoms with van der Waals surface area (Å²) >= 11 is 0. The van der Waals surface area contributed by atoms with E-state index in [1.54, 1.807) is 12.1 Å². The Hall–Kier alpha value is -1.96. The van der Waals surface area contributed by atoms with Crippen LogP contribution >= 0.6 is 0 Å². The Morgan fingerprint density at radius 3 is 2.46 bits per heavy atom. The Morgan fingerprint density at radius 1 is 1.19 bits per heavy atom. The standard InChI is InChI=1S/C18H25F3N2O3/c1-22(2)11-14-7-5-6-10-23(14)17(24)12-25-15-8-3-4-9-16(15)26-13-18(19,20)21/h3-4,8-9,14H,5-7,10-13H2,1-2H3. The number of carbonyl (C=O) groups is 1. The van der Waals surface area contributed by atoms with E-state index in [-0.39, 0.29) is 30.1 Å². The monoisotopic (exact) mass is 374 g/mol. The van der Waals surface area contributed by atoms with Gasteiger partial charge in [-0.3, -0.25) is 4.79 Å². The van der Waals surface area contributed by atoms with Crippen molar-refractivity contribution in [2.75, 3.05) is 40.4 Å². The normalized spacial score (nSPS) is 18.1. The first-order chi connectivity index (χ1) is 12.3. The molecule has 8 heteroatoms. The number of benzene rings is 1. The highest BCUT2D eigenvalue weighted by atomic mass is 19.4. The van der Waals surface area contributed by atoms with Crippen LogP contribution in [-0.2, 0) is 4.79 Å². The molecule has 1 heterocycles. The van der Waals surface area contributed by atoms with Gasteiger partial charge in [-0.1, -0.05) is 12.1 Å². The summed E-state index contributed by atoms with van der Waals surface area (Å²) in [5, 5.41) is 0. The van der Waals surface area contributed by atoms with Gasteiger partial charge >= 0.3 is 6.18 Å². The summed E-state index contributed by atoms with van der Waals surface area (Å²) < 4.78 is 47.3. The van der Waals surface area contributed by atoms with Crippen molar-refractivity contribution in [2.24, 2.45) is 0 Å². The fraction of sp³-hybridized carbons (Fsp3) is 0.611. The average Bonchev–Trinajstić information content (AvgIpc) is 2.58. The summed E-state index contributed by atoms with van der Waals surface area (Å²) in [7, 11) is 3.92. The van der Waals surface area contributed by atoms with Crippen LogP contribution in [0.25, 0.3) is 0 Å². The highest BCUT2D eigenvalue weighted by Crippen LogP contribution is 2.28. The maximum absolute atomic E-state index is 12.6. The molecule has 0 N–H and O–H groups in total. The van der Waals surface area contributed by atoms with Gasteiger partial charge in [0.25, 0.3) is 5.91 Å². The Labute approximate surface area is 151 Å². The smallest absolute Gasteiger partial charge is 0.422 e. The average molecular weight is 374 g/mol. The molecule has 0 bridgehead atoms. The Bertz CT molecular complexity index is 593. The molecule has 0 radical (unpaired) electrons. The quantitative estimate of drug-likeness (QED) is 0.736. The molecule has 0 aliphatic carbocycles. The second kappa shape index (κ2) is 9.12. The first kappa shape index (κ1) is 20.4. The topological polar surface area (TPSA) is 42.0 Å². The number of nitrogens with zero attached hydrogens (tertiary/aromatic N) is 2. The molecule has 1 unspecified atom stereocenters. The van der Waals surface area contributed by atoms with Crippen LogP contribution in [0.4, 0.5) is 13.2 Å². The molecule has 1 fully saturated rings. The number of piperidine rings is 1. The summed E-state index contributed by atoms with van der Waals surface area (Å²) in [6.07, 6.45) is -1.47. The minimum atomic E-state index is -4.43. The van der Waals surface area contributed by atoms with Crippen LogP contribution in [0.2, 0.25) is 0 Å². The van der Waals surface area contributed by atoms with Crippen molar-refractivity contribution in [2.45, 2.75) is 31.5 Å². The molecule has 1 saturated heterocycles. The number of alkyl halides is 3. The van der Waals surface area contributed by atoms with E-state index in [1.165, 1.54) is 12.1 Å². The highest BCUT2D eigenvalue weighted by Gasteiger charge is 2.29. The molecular formula is C18H25F3N2O3. The maximum Gasteiger partial charge on any atom is 0.422 e. The molecular weight excluding hydrogens is 349 g/mol. The number of amides is 1. The molecule has 1 aromatic carbocycles. The predicted molar refractivity (Wildman–Crippen MR) is 91.4 cm³/mol. The maximum atomic E-state index is 12.6. The van der Waals surface area contributed by atoms with E-state index in [0.29, 0.717) is 6.54 Å². The summed E-state index contributed by atoms with van der Waals surface area (Å²) in [6.45, 7) is -0.182. The molecule has 0 spiro atoms. The van der Waals surface area contributed by atoms with Crippen molar-refractivity contribution in [3.05, 3.63) is 24.3 Å². The summed E-state index contributed by atoms with van der Waals surface area (Å²) in [4.78, 5) is 16.4. The van der Waals surface area contributed by atoms with E-state index >= 15 is 0 Å².